The van der Waals surface area contributed by atoms with Gasteiger partial charge in [-0.05, 0) is 73.1 Å². The zero-order chi connectivity index (χ0) is 23.8. The van der Waals surface area contributed by atoms with Crippen molar-refractivity contribution in [3.8, 4) is 11.1 Å². The molecule has 2 bridgehead atoms. The van der Waals surface area contributed by atoms with Crippen LogP contribution in [0.5, 0.6) is 0 Å². The van der Waals surface area contributed by atoms with Crippen molar-refractivity contribution in [2.24, 2.45) is 23.7 Å². The summed E-state index contributed by atoms with van der Waals surface area (Å²) in [7, 11) is 0. The Morgan fingerprint density at radius 3 is 2.34 bits per heavy atom. The third kappa shape index (κ3) is 3.26. The molecule has 0 aromatic heterocycles. The van der Waals surface area contributed by atoms with Gasteiger partial charge in [0.1, 0.15) is 11.2 Å². The maximum Gasteiger partial charge on any atom is 0.160 e. The molecule has 0 radical (unpaired) electrons. The van der Waals surface area contributed by atoms with Gasteiger partial charge < -0.3 is 9.47 Å². The van der Waals surface area contributed by atoms with Gasteiger partial charge in [-0.25, -0.2) is 9.78 Å². The summed E-state index contributed by atoms with van der Waals surface area (Å²) in [5, 5.41) is 0. The molecule has 0 amide bonds. The largest absolute Gasteiger partial charge is 0.352 e. The van der Waals surface area contributed by atoms with Crippen LogP contribution in [0.4, 0.5) is 0 Å². The monoisotopic (exact) mass is 474 g/mol. The summed E-state index contributed by atoms with van der Waals surface area (Å²) in [4.78, 5) is 12.5. The van der Waals surface area contributed by atoms with E-state index in [9.17, 15) is 0 Å². The maximum atomic E-state index is 6.83. The predicted octanol–water partition coefficient (Wildman–Crippen LogP) is 6.87. The minimum absolute atomic E-state index is 0.0515. The Bertz CT molecular complexity index is 1070. The molecule has 3 aliphatic carbocycles. The van der Waals surface area contributed by atoms with Crippen LogP contribution in [0.1, 0.15) is 76.3 Å². The van der Waals surface area contributed by atoms with E-state index in [1.54, 1.807) is 0 Å². The van der Waals surface area contributed by atoms with Crippen LogP contribution in [-0.4, -0.2) is 30.2 Å². The molecule has 186 valence electrons. The summed E-state index contributed by atoms with van der Waals surface area (Å²) in [5.74, 6) is 2.25. The molecule has 3 heterocycles. The lowest BCUT2D eigenvalue weighted by molar-refractivity contribution is -0.495. The van der Waals surface area contributed by atoms with Crippen LogP contribution in [0.2, 0.25) is 0 Å². The molecule has 2 aromatic rings. The average molecular weight is 475 g/mol. The molecule has 2 saturated carbocycles. The molecule has 0 N–H and O–H groups in total. The molecule has 5 fully saturated rings. The standard InChI is InChI=1S/C31H38O4/c1-19-12-13-27-20(2)29(33-28-18-30(3)16-14-26(19)31(27,28)35-34-30)32-17-15-25-23-10-6-4-8-21(23)22-9-5-7-11-24(22)25/h4-11,19-20,25-29H,12-18H2,1-3H3/t19-,20-,26+,27+,28-,29+,30+,31-/m1/s1. The van der Waals surface area contributed by atoms with Crippen molar-refractivity contribution < 1.29 is 19.2 Å². The summed E-state index contributed by atoms with van der Waals surface area (Å²) in [6, 6.07) is 17.7. The topological polar surface area (TPSA) is 36.9 Å². The second kappa shape index (κ2) is 8.14. The van der Waals surface area contributed by atoms with Gasteiger partial charge in [0, 0.05) is 24.2 Å². The lowest BCUT2D eigenvalue weighted by Gasteiger charge is -2.61. The van der Waals surface area contributed by atoms with Gasteiger partial charge in [-0.2, -0.15) is 0 Å². The van der Waals surface area contributed by atoms with Crippen LogP contribution < -0.4 is 0 Å². The Labute approximate surface area is 209 Å². The van der Waals surface area contributed by atoms with Crippen LogP contribution in [0.3, 0.4) is 0 Å². The first-order chi connectivity index (χ1) is 17.0. The van der Waals surface area contributed by atoms with Crippen molar-refractivity contribution in [1.82, 2.24) is 0 Å². The quantitative estimate of drug-likeness (QED) is 0.453. The second-order valence-corrected chi connectivity index (χ2v) is 12.2. The molecule has 6 aliphatic rings. The SMILES string of the molecule is C[C@H]1[C@@H](OCCC2c3ccccc3-c3ccccc32)O[C@@H]2C[C@]3(C)CC[C@H]4[C@H](C)CC[C@@H]1[C@@]24OO3. The Balaban J connectivity index is 1.11. The van der Waals surface area contributed by atoms with E-state index in [1.165, 1.54) is 41.5 Å². The number of hydrogen-bond donors (Lipinski definition) is 0. The molecule has 8 rings (SSSR count). The molecule has 4 heteroatoms. The zero-order valence-corrected chi connectivity index (χ0v) is 21.2. The van der Waals surface area contributed by atoms with Gasteiger partial charge in [-0.3, -0.25) is 0 Å². The number of ether oxygens (including phenoxy) is 2. The smallest absolute Gasteiger partial charge is 0.160 e. The van der Waals surface area contributed by atoms with Crippen LogP contribution in [-0.2, 0) is 19.2 Å². The van der Waals surface area contributed by atoms with Crippen molar-refractivity contribution in [2.75, 3.05) is 6.61 Å². The predicted molar refractivity (Wildman–Crippen MR) is 135 cm³/mol. The maximum absolute atomic E-state index is 6.83. The fourth-order valence-corrected chi connectivity index (χ4v) is 8.48. The normalized spacial score (nSPS) is 41.7. The second-order valence-electron chi connectivity index (χ2n) is 12.2. The molecule has 1 spiro atoms. The Morgan fingerprint density at radius 1 is 0.886 bits per heavy atom. The Morgan fingerprint density at radius 2 is 1.60 bits per heavy atom. The Kier molecular flexibility index (Phi) is 5.23. The number of rotatable bonds is 4. The van der Waals surface area contributed by atoms with Crippen LogP contribution in [0.25, 0.3) is 11.1 Å². The summed E-state index contributed by atoms with van der Waals surface area (Å²) in [6.45, 7) is 7.61. The number of fused-ring (bicyclic) bond motifs is 5. The molecule has 0 unspecified atom stereocenters. The molecule has 8 atom stereocenters. The molecule has 2 aromatic carbocycles. The molecule has 4 nitrogen and oxygen atoms in total. The zero-order valence-electron chi connectivity index (χ0n) is 21.2. The highest BCUT2D eigenvalue weighted by Crippen LogP contribution is 2.61. The van der Waals surface area contributed by atoms with Crippen molar-refractivity contribution in [3.63, 3.8) is 0 Å². The first-order valence-corrected chi connectivity index (χ1v) is 13.8. The van der Waals surface area contributed by atoms with E-state index < -0.39 is 0 Å². The van der Waals surface area contributed by atoms with Crippen LogP contribution in [0, 0.1) is 23.7 Å². The Hall–Kier alpha value is -1.72. The number of benzene rings is 2. The molecule has 35 heavy (non-hydrogen) atoms. The fourth-order valence-electron chi connectivity index (χ4n) is 8.48. The highest BCUT2D eigenvalue weighted by Gasteiger charge is 2.68. The van der Waals surface area contributed by atoms with E-state index in [2.05, 4.69) is 69.3 Å². The van der Waals surface area contributed by atoms with Crippen molar-refractivity contribution >= 4 is 0 Å². The molecular weight excluding hydrogens is 436 g/mol. The van der Waals surface area contributed by atoms with E-state index >= 15 is 0 Å². The number of hydrogen-bond acceptors (Lipinski definition) is 4. The molecule has 3 aliphatic heterocycles. The van der Waals surface area contributed by atoms with E-state index in [0.717, 1.165) is 19.3 Å². The third-order valence-electron chi connectivity index (χ3n) is 10.3. The van der Waals surface area contributed by atoms with E-state index in [1.807, 2.05) is 0 Å². The fraction of sp³-hybridized carbons (Fsp3) is 0.613. The summed E-state index contributed by atoms with van der Waals surface area (Å²) >= 11 is 0. The highest BCUT2D eigenvalue weighted by molar-refractivity contribution is 5.78. The first-order valence-electron chi connectivity index (χ1n) is 13.8. The van der Waals surface area contributed by atoms with Gasteiger partial charge >= 0.3 is 0 Å². The van der Waals surface area contributed by atoms with Crippen LogP contribution in [0.15, 0.2) is 48.5 Å². The summed E-state index contributed by atoms with van der Waals surface area (Å²) in [5.41, 5.74) is 5.05. The minimum atomic E-state index is -0.309. The van der Waals surface area contributed by atoms with Gasteiger partial charge in [0.2, 0.25) is 0 Å². The van der Waals surface area contributed by atoms with Crippen molar-refractivity contribution in [2.45, 2.75) is 88.8 Å². The van der Waals surface area contributed by atoms with Gasteiger partial charge in [-0.1, -0.05) is 62.4 Å². The summed E-state index contributed by atoms with van der Waals surface area (Å²) in [6.07, 6.45) is 6.40. The average Bonchev–Trinajstić information content (AvgIpc) is 3.00. The third-order valence-corrected chi connectivity index (χ3v) is 10.3. The lowest BCUT2D eigenvalue weighted by Crippen LogP contribution is -2.69. The van der Waals surface area contributed by atoms with E-state index in [4.69, 9.17) is 19.2 Å². The van der Waals surface area contributed by atoms with Crippen LogP contribution >= 0.6 is 0 Å². The molecular formula is C31H38O4. The van der Waals surface area contributed by atoms with E-state index in [0.29, 0.717) is 30.3 Å². The minimum Gasteiger partial charge on any atom is -0.352 e. The van der Waals surface area contributed by atoms with Gasteiger partial charge in [0.15, 0.2) is 6.29 Å². The first kappa shape index (κ1) is 22.5. The lowest BCUT2D eigenvalue weighted by atomic mass is 9.56. The van der Waals surface area contributed by atoms with Gasteiger partial charge in [-0.15, -0.1) is 0 Å². The van der Waals surface area contributed by atoms with Crippen molar-refractivity contribution in [3.05, 3.63) is 59.7 Å². The van der Waals surface area contributed by atoms with Crippen molar-refractivity contribution in [1.29, 1.82) is 0 Å². The highest BCUT2D eigenvalue weighted by atomic mass is 17.2. The summed E-state index contributed by atoms with van der Waals surface area (Å²) < 4.78 is 13.4. The molecule has 3 saturated heterocycles. The van der Waals surface area contributed by atoms with Gasteiger partial charge in [0.05, 0.1) is 12.7 Å². The van der Waals surface area contributed by atoms with Gasteiger partial charge in [0.25, 0.3) is 0 Å². The van der Waals surface area contributed by atoms with E-state index in [-0.39, 0.29) is 29.5 Å².